The Labute approximate surface area is 119 Å². The molecule has 2 heterocycles. The monoisotopic (exact) mass is 278 g/mol. The molecule has 2 rings (SSSR count). The van der Waals surface area contributed by atoms with E-state index in [-0.39, 0.29) is 17.6 Å². The molecule has 0 unspecified atom stereocenters. The lowest BCUT2D eigenvalue weighted by atomic mass is 10.1. The van der Waals surface area contributed by atoms with Crippen LogP contribution in [0.5, 0.6) is 5.88 Å². The van der Waals surface area contributed by atoms with Gasteiger partial charge in [-0.3, -0.25) is 4.79 Å². The molecule has 0 bridgehead atoms. The van der Waals surface area contributed by atoms with Gasteiger partial charge >= 0.3 is 0 Å². The van der Waals surface area contributed by atoms with E-state index in [0.717, 1.165) is 5.69 Å². The van der Waals surface area contributed by atoms with Gasteiger partial charge in [0, 0.05) is 31.3 Å². The summed E-state index contributed by atoms with van der Waals surface area (Å²) >= 11 is 0. The summed E-state index contributed by atoms with van der Waals surface area (Å²) < 4.78 is 5.70. The molecule has 0 saturated carbocycles. The molecule has 1 N–H and O–H groups in total. The Bertz CT molecular complexity index is 476. The van der Waals surface area contributed by atoms with Gasteiger partial charge in [-0.05, 0) is 33.3 Å². The highest BCUT2D eigenvalue weighted by molar-refractivity contribution is 5.77. The molecule has 110 valence electrons. The first-order valence-electron chi connectivity index (χ1n) is 6.94. The van der Waals surface area contributed by atoms with Crippen molar-refractivity contribution in [1.29, 1.82) is 0 Å². The van der Waals surface area contributed by atoms with Crippen molar-refractivity contribution < 1.29 is 14.6 Å². The summed E-state index contributed by atoms with van der Waals surface area (Å²) in [5.41, 5.74) is 0.566. The van der Waals surface area contributed by atoms with Crippen LogP contribution in [0.1, 0.15) is 32.9 Å². The number of hydrogen-bond acceptors (Lipinski definition) is 4. The molecular weight excluding hydrogens is 256 g/mol. The third kappa shape index (κ3) is 4.20. The van der Waals surface area contributed by atoms with Gasteiger partial charge in [-0.15, -0.1) is 0 Å². The van der Waals surface area contributed by atoms with Crippen LogP contribution in [-0.2, 0) is 11.2 Å². The van der Waals surface area contributed by atoms with Gasteiger partial charge in [-0.2, -0.15) is 0 Å². The standard InChI is InChI=1S/C15H22N2O3/c1-15(2,3)20-13-6-4-5-11(16-13)7-8-14(19)17-9-12(18)10-17/h4-6,12,18H,7-10H2,1-3H3. The average Bonchev–Trinajstić information content (AvgIpc) is 2.30. The Hall–Kier alpha value is -1.62. The highest BCUT2D eigenvalue weighted by atomic mass is 16.5. The fraction of sp³-hybridized carbons (Fsp3) is 0.600. The van der Waals surface area contributed by atoms with Crippen LogP contribution >= 0.6 is 0 Å². The van der Waals surface area contributed by atoms with E-state index in [9.17, 15) is 9.90 Å². The lowest BCUT2D eigenvalue weighted by Crippen LogP contribution is -2.53. The fourth-order valence-corrected chi connectivity index (χ4v) is 2.02. The zero-order valence-electron chi connectivity index (χ0n) is 12.3. The van der Waals surface area contributed by atoms with E-state index in [4.69, 9.17) is 4.74 Å². The Morgan fingerprint density at radius 2 is 2.15 bits per heavy atom. The van der Waals surface area contributed by atoms with E-state index in [1.54, 1.807) is 4.90 Å². The molecule has 0 aliphatic carbocycles. The molecule has 0 spiro atoms. The average molecular weight is 278 g/mol. The first-order chi connectivity index (χ1) is 9.33. The van der Waals surface area contributed by atoms with Crippen LogP contribution in [0, 0.1) is 0 Å². The van der Waals surface area contributed by atoms with Crippen LogP contribution in [-0.4, -0.2) is 45.7 Å². The number of aryl methyl sites for hydroxylation is 1. The van der Waals surface area contributed by atoms with Crippen molar-refractivity contribution in [3.8, 4) is 5.88 Å². The summed E-state index contributed by atoms with van der Waals surface area (Å²) in [5.74, 6) is 0.654. The lowest BCUT2D eigenvalue weighted by molar-refractivity contribution is -0.141. The van der Waals surface area contributed by atoms with Gasteiger partial charge in [0.2, 0.25) is 11.8 Å². The van der Waals surface area contributed by atoms with Crippen LogP contribution in [0.2, 0.25) is 0 Å². The molecule has 0 radical (unpaired) electrons. The summed E-state index contributed by atoms with van der Waals surface area (Å²) in [4.78, 5) is 17.9. The largest absolute Gasteiger partial charge is 0.472 e. The number of hydrogen-bond donors (Lipinski definition) is 1. The van der Waals surface area contributed by atoms with Gasteiger partial charge in [0.15, 0.2) is 0 Å². The van der Waals surface area contributed by atoms with Gasteiger partial charge in [0.05, 0.1) is 6.10 Å². The van der Waals surface area contributed by atoms with Crippen molar-refractivity contribution in [3.63, 3.8) is 0 Å². The second-order valence-corrected chi connectivity index (χ2v) is 6.13. The number of aromatic nitrogens is 1. The molecule has 1 saturated heterocycles. The quantitative estimate of drug-likeness (QED) is 0.904. The zero-order valence-corrected chi connectivity index (χ0v) is 12.3. The third-order valence-electron chi connectivity index (χ3n) is 3.00. The number of aliphatic hydroxyl groups is 1. The molecule has 1 fully saturated rings. The topological polar surface area (TPSA) is 62.7 Å². The van der Waals surface area contributed by atoms with Gasteiger partial charge in [-0.1, -0.05) is 6.07 Å². The van der Waals surface area contributed by atoms with Crippen LogP contribution in [0.25, 0.3) is 0 Å². The highest BCUT2D eigenvalue weighted by Crippen LogP contribution is 2.17. The Morgan fingerprint density at radius 1 is 1.45 bits per heavy atom. The predicted octanol–water partition coefficient (Wildman–Crippen LogP) is 1.39. The SMILES string of the molecule is CC(C)(C)Oc1cccc(CCC(=O)N2CC(O)C2)n1. The number of rotatable bonds is 4. The van der Waals surface area contributed by atoms with Gasteiger partial charge in [-0.25, -0.2) is 4.98 Å². The maximum atomic E-state index is 11.8. The summed E-state index contributed by atoms with van der Waals surface area (Å²) in [6.07, 6.45) is 0.659. The number of nitrogens with zero attached hydrogens (tertiary/aromatic N) is 2. The molecule has 0 atom stereocenters. The van der Waals surface area contributed by atoms with E-state index in [1.165, 1.54) is 0 Å². The summed E-state index contributed by atoms with van der Waals surface area (Å²) in [6, 6.07) is 5.61. The maximum absolute atomic E-state index is 11.8. The van der Waals surface area contributed by atoms with E-state index >= 15 is 0 Å². The number of ether oxygens (including phenoxy) is 1. The molecule has 1 aromatic heterocycles. The van der Waals surface area contributed by atoms with Crippen LogP contribution in [0.4, 0.5) is 0 Å². The molecule has 1 aliphatic rings. The fourth-order valence-electron chi connectivity index (χ4n) is 2.02. The number of pyridine rings is 1. The first-order valence-corrected chi connectivity index (χ1v) is 6.94. The molecule has 1 aliphatic heterocycles. The smallest absolute Gasteiger partial charge is 0.223 e. The first kappa shape index (κ1) is 14.8. The van der Waals surface area contributed by atoms with Gasteiger partial charge < -0.3 is 14.7 Å². The minimum atomic E-state index is -0.347. The zero-order chi connectivity index (χ0) is 14.8. The molecule has 20 heavy (non-hydrogen) atoms. The number of carbonyl (C=O) groups excluding carboxylic acids is 1. The normalized spacial score (nSPS) is 15.9. The Morgan fingerprint density at radius 3 is 2.75 bits per heavy atom. The summed E-state index contributed by atoms with van der Waals surface area (Å²) in [5, 5.41) is 9.17. The summed E-state index contributed by atoms with van der Waals surface area (Å²) in [7, 11) is 0. The van der Waals surface area contributed by atoms with E-state index in [2.05, 4.69) is 4.98 Å². The second kappa shape index (κ2) is 5.79. The van der Waals surface area contributed by atoms with Crippen molar-refractivity contribution in [2.75, 3.05) is 13.1 Å². The highest BCUT2D eigenvalue weighted by Gasteiger charge is 2.28. The van der Waals surface area contributed by atoms with Crippen molar-refractivity contribution in [2.45, 2.75) is 45.3 Å². The Kier molecular flexibility index (Phi) is 4.28. The third-order valence-corrected chi connectivity index (χ3v) is 3.00. The number of carbonyl (C=O) groups is 1. The summed E-state index contributed by atoms with van der Waals surface area (Å²) in [6.45, 7) is 6.83. The van der Waals surface area contributed by atoms with Crippen molar-refractivity contribution in [2.24, 2.45) is 0 Å². The minimum absolute atomic E-state index is 0.0687. The number of likely N-dealkylation sites (tertiary alicyclic amines) is 1. The number of amides is 1. The molecule has 1 amide bonds. The molecule has 1 aromatic rings. The molecular formula is C15H22N2O3. The molecule has 0 aromatic carbocycles. The van der Waals surface area contributed by atoms with Crippen molar-refractivity contribution >= 4 is 5.91 Å². The van der Waals surface area contributed by atoms with Gasteiger partial charge in [0.1, 0.15) is 5.60 Å². The number of aliphatic hydroxyl groups excluding tert-OH is 1. The van der Waals surface area contributed by atoms with Crippen LogP contribution in [0.3, 0.4) is 0 Å². The van der Waals surface area contributed by atoms with Crippen molar-refractivity contribution in [1.82, 2.24) is 9.88 Å². The van der Waals surface area contributed by atoms with E-state index in [0.29, 0.717) is 31.8 Å². The van der Waals surface area contributed by atoms with Gasteiger partial charge in [0.25, 0.3) is 0 Å². The number of β-amino-alcohol motifs (C(OH)–C–C–N with tert-alkyl or cyclic N) is 1. The van der Waals surface area contributed by atoms with E-state index in [1.807, 2.05) is 39.0 Å². The van der Waals surface area contributed by atoms with Crippen molar-refractivity contribution in [3.05, 3.63) is 23.9 Å². The lowest BCUT2D eigenvalue weighted by Gasteiger charge is -2.35. The maximum Gasteiger partial charge on any atom is 0.223 e. The molecule has 5 nitrogen and oxygen atoms in total. The molecule has 5 heteroatoms. The Balaban J connectivity index is 1.86. The van der Waals surface area contributed by atoms with E-state index < -0.39 is 0 Å². The van der Waals surface area contributed by atoms with Crippen LogP contribution < -0.4 is 4.74 Å². The minimum Gasteiger partial charge on any atom is -0.472 e. The second-order valence-electron chi connectivity index (χ2n) is 6.13. The predicted molar refractivity (Wildman–Crippen MR) is 75.5 cm³/mol. The van der Waals surface area contributed by atoms with Crippen LogP contribution in [0.15, 0.2) is 18.2 Å².